The Kier molecular flexibility index (Phi) is 9.15. The molecule has 2 heterocycles. The van der Waals surface area contributed by atoms with E-state index in [1.54, 1.807) is 0 Å². The number of guanidine groups is 1. The highest BCUT2D eigenvalue weighted by atomic mass is 16.6. The number of carbonyl (C=O) groups excluding carboxylic acids is 1. The topological polar surface area (TPSA) is 95.2 Å². The van der Waals surface area contributed by atoms with Gasteiger partial charge in [0.05, 0.1) is 18.3 Å². The number of aliphatic imine (C=N–C) groups is 1. The van der Waals surface area contributed by atoms with Gasteiger partial charge in [0.2, 0.25) is 0 Å². The summed E-state index contributed by atoms with van der Waals surface area (Å²) in [5.41, 5.74) is 0.452. The van der Waals surface area contributed by atoms with Crippen LogP contribution in [0, 0.1) is 12.8 Å². The van der Waals surface area contributed by atoms with Crippen molar-refractivity contribution < 1.29 is 14.1 Å². The van der Waals surface area contributed by atoms with Crippen molar-refractivity contribution in [3.63, 3.8) is 0 Å². The molecule has 1 fully saturated rings. The molecule has 1 saturated heterocycles. The van der Waals surface area contributed by atoms with Crippen LogP contribution >= 0.6 is 0 Å². The Bertz CT molecular complexity index is 717. The third kappa shape index (κ3) is 8.77. The SMILES string of the molecule is CCNC(=NCC(NC(=O)OC(C)(C)C)C(C)C)N1CCN(Cc2cc(C)on2)CC1. The summed E-state index contributed by atoms with van der Waals surface area (Å²) in [5.74, 6) is 1.97. The van der Waals surface area contributed by atoms with Crippen LogP contribution in [0.5, 0.6) is 0 Å². The maximum Gasteiger partial charge on any atom is 0.407 e. The van der Waals surface area contributed by atoms with E-state index < -0.39 is 11.7 Å². The predicted octanol–water partition coefficient (Wildman–Crippen LogP) is 2.62. The molecule has 9 heteroatoms. The van der Waals surface area contributed by atoms with Gasteiger partial charge in [0.25, 0.3) is 0 Å². The van der Waals surface area contributed by atoms with Crippen LogP contribution in [0.25, 0.3) is 0 Å². The molecule has 1 aromatic heterocycles. The first kappa shape index (κ1) is 25.0. The van der Waals surface area contributed by atoms with E-state index in [2.05, 4.69) is 46.4 Å². The number of rotatable bonds is 7. The number of amides is 1. The molecular formula is C22H40N6O3. The van der Waals surface area contributed by atoms with Crippen molar-refractivity contribution in [3.8, 4) is 0 Å². The number of nitrogens with zero attached hydrogens (tertiary/aromatic N) is 4. The van der Waals surface area contributed by atoms with Crippen molar-refractivity contribution in [2.45, 2.75) is 66.7 Å². The number of carbonyl (C=O) groups is 1. The summed E-state index contributed by atoms with van der Waals surface area (Å²) in [5, 5.41) is 10.5. The summed E-state index contributed by atoms with van der Waals surface area (Å²) in [6, 6.07) is 1.89. The zero-order chi connectivity index (χ0) is 23.0. The Morgan fingerprint density at radius 3 is 2.48 bits per heavy atom. The molecule has 1 amide bonds. The lowest BCUT2D eigenvalue weighted by molar-refractivity contribution is 0.0493. The van der Waals surface area contributed by atoms with Gasteiger partial charge in [0.1, 0.15) is 11.4 Å². The van der Waals surface area contributed by atoms with Gasteiger partial charge < -0.3 is 24.8 Å². The van der Waals surface area contributed by atoms with E-state index in [-0.39, 0.29) is 12.0 Å². The lowest BCUT2D eigenvalue weighted by Crippen LogP contribution is -2.52. The number of hydrogen-bond donors (Lipinski definition) is 2. The molecule has 0 aliphatic carbocycles. The van der Waals surface area contributed by atoms with E-state index in [1.165, 1.54) is 0 Å². The van der Waals surface area contributed by atoms with Crippen LogP contribution in [0.15, 0.2) is 15.6 Å². The lowest BCUT2D eigenvalue weighted by atomic mass is 10.1. The minimum Gasteiger partial charge on any atom is -0.444 e. The van der Waals surface area contributed by atoms with Crippen molar-refractivity contribution in [3.05, 3.63) is 17.5 Å². The van der Waals surface area contributed by atoms with Crippen molar-refractivity contribution in [2.75, 3.05) is 39.3 Å². The molecule has 0 bridgehead atoms. The van der Waals surface area contributed by atoms with Crippen molar-refractivity contribution in [2.24, 2.45) is 10.9 Å². The summed E-state index contributed by atoms with van der Waals surface area (Å²) in [7, 11) is 0. The first-order chi connectivity index (χ1) is 14.6. The fourth-order valence-electron chi connectivity index (χ4n) is 3.33. The standard InChI is InChI=1S/C22H40N6O3/c1-8-23-20(24-14-19(16(2)3)25-21(29)30-22(5,6)7)28-11-9-27(10-12-28)15-18-13-17(4)31-26-18/h13,16,19H,8-12,14-15H2,1-7H3,(H,23,24)(H,25,29). The summed E-state index contributed by atoms with van der Waals surface area (Å²) < 4.78 is 10.6. The normalized spacial score (nSPS) is 17.0. The van der Waals surface area contributed by atoms with Gasteiger partial charge >= 0.3 is 6.09 Å². The molecule has 1 aromatic rings. The fraction of sp³-hybridized carbons (Fsp3) is 0.773. The predicted molar refractivity (Wildman–Crippen MR) is 122 cm³/mol. The number of aryl methyl sites for hydroxylation is 1. The number of alkyl carbamates (subject to hydrolysis) is 1. The highest BCUT2D eigenvalue weighted by Crippen LogP contribution is 2.11. The molecule has 2 rings (SSSR count). The fourth-order valence-corrected chi connectivity index (χ4v) is 3.33. The van der Waals surface area contributed by atoms with Crippen LogP contribution in [-0.2, 0) is 11.3 Å². The molecule has 0 spiro atoms. The Hall–Kier alpha value is -2.29. The van der Waals surface area contributed by atoms with E-state index in [0.29, 0.717) is 6.54 Å². The van der Waals surface area contributed by atoms with E-state index >= 15 is 0 Å². The Labute approximate surface area is 186 Å². The number of aromatic nitrogens is 1. The van der Waals surface area contributed by atoms with E-state index in [0.717, 1.165) is 56.7 Å². The molecule has 9 nitrogen and oxygen atoms in total. The van der Waals surface area contributed by atoms with Gasteiger partial charge in [-0.05, 0) is 40.5 Å². The van der Waals surface area contributed by atoms with Crippen LogP contribution in [0.3, 0.4) is 0 Å². The Balaban J connectivity index is 1.92. The van der Waals surface area contributed by atoms with E-state index in [4.69, 9.17) is 14.3 Å². The first-order valence-corrected chi connectivity index (χ1v) is 11.2. The number of piperazine rings is 1. The van der Waals surface area contributed by atoms with Gasteiger partial charge in [0.15, 0.2) is 5.96 Å². The average Bonchev–Trinajstić information content (AvgIpc) is 3.07. The first-order valence-electron chi connectivity index (χ1n) is 11.2. The van der Waals surface area contributed by atoms with Gasteiger partial charge in [-0.25, -0.2) is 4.79 Å². The summed E-state index contributed by atoms with van der Waals surface area (Å²) >= 11 is 0. The quantitative estimate of drug-likeness (QED) is 0.501. The monoisotopic (exact) mass is 436 g/mol. The minimum atomic E-state index is -0.520. The van der Waals surface area contributed by atoms with Crippen LogP contribution in [0.2, 0.25) is 0 Å². The molecule has 1 atom stereocenters. The van der Waals surface area contributed by atoms with Crippen LogP contribution in [0.1, 0.15) is 53.0 Å². The van der Waals surface area contributed by atoms with E-state index in [9.17, 15) is 4.79 Å². The molecule has 31 heavy (non-hydrogen) atoms. The molecule has 0 aromatic carbocycles. The van der Waals surface area contributed by atoms with Crippen molar-refractivity contribution >= 4 is 12.1 Å². The molecule has 2 N–H and O–H groups in total. The van der Waals surface area contributed by atoms with Crippen LogP contribution in [0.4, 0.5) is 4.79 Å². The smallest absolute Gasteiger partial charge is 0.407 e. The maximum absolute atomic E-state index is 12.2. The van der Waals surface area contributed by atoms with E-state index in [1.807, 2.05) is 33.8 Å². The zero-order valence-electron chi connectivity index (χ0n) is 20.2. The Morgan fingerprint density at radius 1 is 1.29 bits per heavy atom. The van der Waals surface area contributed by atoms with Gasteiger partial charge in [-0.15, -0.1) is 0 Å². The number of nitrogens with one attached hydrogen (secondary N) is 2. The number of hydrogen-bond acceptors (Lipinski definition) is 6. The molecule has 1 unspecified atom stereocenters. The molecule has 1 aliphatic heterocycles. The summed E-state index contributed by atoms with van der Waals surface area (Å²) in [4.78, 5) is 21.7. The highest BCUT2D eigenvalue weighted by Gasteiger charge is 2.23. The minimum absolute atomic E-state index is 0.0970. The third-order valence-corrected chi connectivity index (χ3v) is 5.01. The summed E-state index contributed by atoms with van der Waals surface area (Å²) in [6.45, 7) is 19.4. The molecule has 1 aliphatic rings. The Morgan fingerprint density at radius 2 is 1.97 bits per heavy atom. The largest absolute Gasteiger partial charge is 0.444 e. The second-order valence-electron chi connectivity index (χ2n) is 9.38. The molecular weight excluding hydrogens is 396 g/mol. The zero-order valence-corrected chi connectivity index (χ0v) is 20.2. The molecule has 176 valence electrons. The van der Waals surface area contributed by atoms with Crippen molar-refractivity contribution in [1.29, 1.82) is 0 Å². The lowest BCUT2D eigenvalue weighted by Gasteiger charge is -2.36. The highest BCUT2D eigenvalue weighted by molar-refractivity contribution is 5.80. The van der Waals surface area contributed by atoms with Crippen LogP contribution < -0.4 is 10.6 Å². The molecule has 0 saturated carbocycles. The van der Waals surface area contributed by atoms with Gasteiger partial charge in [-0.2, -0.15) is 0 Å². The second-order valence-corrected chi connectivity index (χ2v) is 9.38. The maximum atomic E-state index is 12.2. The third-order valence-electron chi connectivity index (χ3n) is 5.01. The van der Waals surface area contributed by atoms with Gasteiger partial charge in [-0.3, -0.25) is 9.89 Å². The summed E-state index contributed by atoms with van der Waals surface area (Å²) in [6.07, 6.45) is -0.400. The van der Waals surface area contributed by atoms with Crippen molar-refractivity contribution in [1.82, 2.24) is 25.6 Å². The van der Waals surface area contributed by atoms with Gasteiger partial charge in [-0.1, -0.05) is 19.0 Å². The molecule has 0 radical (unpaired) electrons. The van der Waals surface area contributed by atoms with Crippen LogP contribution in [-0.4, -0.2) is 77.9 Å². The number of ether oxygens (including phenoxy) is 1. The van der Waals surface area contributed by atoms with Gasteiger partial charge in [0, 0.05) is 45.3 Å². The second kappa shape index (κ2) is 11.4. The average molecular weight is 437 g/mol.